The Bertz CT molecular complexity index is 1470. The lowest BCUT2D eigenvalue weighted by atomic mass is 9.95. The van der Waals surface area contributed by atoms with E-state index in [0.717, 1.165) is 0 Å². The van der Waals surface area contributed by atoms with E-state index in [-0.39, 0.29) is 0 Å². The van der Waals surface area contributed by atoms with Crippen LogP contribution in [0.2, 0.25) is 0 Å². The highest BCUT2D eigenvalue weighted by Crippen LogP contribution is 2.39. The van der Waals surface area contributed by atoms with Crippen molar-refractivity contribution in [2.75, 3.05) is 46.2 Å². The molecule has 21 N–H and O–H groups in total. The topological polar surface area (TPSA) is 554 Å². The van der Waals surface area contributed by atoms with Gasteiger partial charge >= 0.3 is 0 Å². The molecule has 0 amide bonds. The van der Waals surface area contributed by atoms with Crippen LogP contribution in [0.4, 0.5) is 0 Å². The SMILES string of the molecule is OCC1O[C@@H]2O[C@@H]3C(CO)O[C@H](O[C@@H]4C(CO)O[C@H](O[C@@H]5C(CO)O[C@H](O[C@@H]6C(CO)O[C@H](O[C@@H]7C(CO)O[C@H](O[C@@H]8C(CO)O[C@H](O[C@H]1C(O)[C@H]2O)C(O)[C@H]8O)C(O)[C@H]7O)C(O)[C@H]6O)C(O)[C@H]5O)C(O)[C@H]4O)C(O)[C@H]3O. The molecule has 21 rings (SSSR count). The second-order valence-corrected chi connectivity index (χ2v) is 19.7. The fourth-order valence-electron chi connectivity index (χ4n) is 10.4. The van der Waals surface area contributed by atoms with Gasteiger partial charge in [-0.05, 0) is 0 Å². The first-order chi connectivity index (χ1) is 36.7. The van der Waals surface area contributed by atoms with E-state index < -0.39 is 261 Å². The Morgan fingerprint density at radius 1 is 0.156 bits per heavy atom. The van der Waals surface area contributed by atoms with Crippen molar-refractivity contribution in [1.29, 1.82) is 0 Å². The molecule has 14 unspecified atom stereocenters. The van der Waals surface area contributed by atoms with Gasteiger partial charge in [-0.3, -0.25) is 0 Å². The molecule has 0 spiro atoms. The molecular weight excluding hydrogens is 1060 g/mol. The molecule has 21 saturated heterocycles. The highest BCUT2D eigenvalue weighted by Gasteiger charge is 2.59. The maximum Gasteiger partial charge on any atom is 0.187 e. The third kappa shape index (κ3) is 12.1. The van der Waals surface area contributed by atoms with E-state index in [0.29, 0.717) is 0 Å². The fraction of sp³-hybridized carbons (Fsp3) is 1.00. The molecule has 0 radical (unpaired) electrons. The van der Waals surface area contributed by atoms with Gasteiger partial charge < -0.3 is 174 Å². The van der Waals surface area contributed by atoms with E-state index in [4.69, 9.17) is 66.3 Å². The Morgan fingerprint density at radius 3 is 0.351 bits per heavy atom. The van der Waals surface area contributed by atoms with Gasteiger partial charge in [0.15, 0.2) is 44.0 Å². The van der Waals surface area contributed by atoms with Crippen molar-refractivity contribution in [2.24, 2.45) is 0 Å². The van der Waals surface area contributed by atoms with Gasteiger partial charge in [-0.1, -0.05) is 0 Å². The molecule has 21 fully saturated rings. The van der Waals surface area contributed by atoms with Crippen LogP contribution in [0.15, 0.2) is 0 Å². The van der Waals surface area contributed by atoms with Crippen molar-refractivity contribution in [2.45, 2.75) is 215 Å². The lowest BCUT2D eigenvalue weighted by Gasteiger charge is -2.50. The van der Waals surface area contributed by atoms with Gasteiger partial charge in [0.25, 0.3) is 0 Å². The second kappa shape index (κ2) is 26.0. The smallest absolute Gasteiger partial charge is 0.187 e. The Balaban J connectivity index is 1.08. The van der Waals surface area contributed by atoms with Gasteiger partial charge in [0.1, 0.15) is 171 Å². The molecule has 0 aromatic carbocycles. The summed E-state index contributed by atoms with van der Waals surface area (Å²) in [6.07, 6.45) is -70.2. The molecule has 77 heavy (non-hydrogen) atoms. The zero-order valence-electron chi connectivity index (χ0n) is 40.3. The average Bonchev–Trinajstić information content (AvgIpc) is 3.47. The summed E-state index contributed by atoms with van der Waals surface area (Å²) in [7, 11) is 0. The van der Waals surface area contributed by atoms with E-state index in [1.54, 1.807) is 0 Å². The number of aliphatic hydroxyl groups excluding tert-OH is 21. The molecule has 35 heteroatoms. The highest BCUT2D eigenvalue weighted by atomic mass is 16.8. The zero-order chi connectivity index (χ0) is 56.1. The van der Waals surface area contributed by atoms with Crippen LogP contribution in [0.25, 0.3) is 0 Å². The van der Waals surface area contributed by atoms with Crippen molar-refractivity contribution in [3.63, 3.8) is 0 Å². The van der Waals surface area contributed by atoms with Crippen molar-refractivity contribution in [3.05, 3.63) is 0 Å². The fourth-order valence-corrected chi connectivity index (χ4v) is 10.4. The van der Waals surface area contributed by atoms with Crippen LogP contribution in [-0.2, 0) is 66.3 Å². The number of rotatable bonds is 7. The number of aliphatic hydroxyl groups is 21. The highest BCUT2D eigenvalue weighted by molar-refractivity contribution is 5.01. The van der Waals surface area contributed by atoms with Gasteiger partial charge in [-0.15, -0.1) is 0 Å². The normalized spacial score (nSPS) is 55.4. The molecular formula is C42H70O35. The standard InChI is InChI=1S/C42H70O35/c43-1-8-29-15(50)22(57)36(64-8)72-30-9(2-44)66-38(24(59)17(30)52)74-32-11(4-46)68-40(26(61)19(32)54)76-34-13(6-48)70-42(28(63)21(34)56)77-35-14(7-49)69-41(27(62)20(35)55)75-33-12(5-47)67-39(25(60)18(33)53)73-31-10(3-45)65-37(71-29)23(58)16(31)51/h8-63H,1-7H2/t8?,9?,10?,11?,12?,13?,14?,15-,16-,17-,18-,19-,20-,21?,22?,23?,24?,25?,26?,27?,28-,29-,30-,31-,32-,33-,34-,35-,36-,37-,38-,39-,40-,41-,42-/m1/s1. The van der Waals surface area contributed by atoms with Crippen LogP contribution in [0.5, 0.6) is 0 Å². The molecule has 14 bridgehead atoms. The summed E-state index contributed by atoms with van der Waals surface area (Å²) in [6, 6.07) is 0. The summed E-state index contributed by atoms with van der Waals surface area (Å²) < 4.78 is 79.5. The van der Waals surface area contributed by atoms with E-state index in [9.17, 15) is 107 Å². The number of ether oxygens (including phenoxy) is 14. The minimum absolute atomic E-state index is 1.05. The van der Waals surface area contributed by atoms with Crippen LogP contribution in [0.1, 0.15) is 0 Å². The molecule has 35 nitrogen and oxygen atoms in total. The number of hydrogen-bond acceptors (Lipinski definition) is 35. The predicted octanol–water partition coefficient (Wildman–Crippen LogP) is -15.2. The summed E-state index contributed by atoms with van der Waals surface area (Å²) in [5.74, 6) is 0. The summed E-state index contributed by atoms with van der Waals surface area (Å²) in [5.41, 5.74) is 0. The summed E-state index contributed by atoms with van der Waals surface area (Å²) in [4.78, 5) is 0. The Hall–Kier alpha value is -1.40. The lowest BCUT2D eigenvalue weighted by molar-refractivity contribution is -0.396. The van der Waals surface area contributed by atoms with E-state index in [1.807, 2.05) is 0 Å². The molecule has 448 valence electrons. The molecule has 21 aliphatic heterocycles. The second-order valence-electron chi connectivity index (χ2n) is 19.7. The monoisotopic (exact) mass is 1130 g/mol. The molecule has 21 aliphatic rings. The quantitative estimate of drug-likeness (QED) is 0.113. The van der Waals surface area contributed by atoms with Crippen molar-refractivity contribution in [3.8, 4) is 0 Å². The van der Waals surface area contributed by atoms with Gasteiger partial charge in [0.05, 0.1) is 46.2 Å². The summed E-state index contributed by atoms with van der Waals surface area (Å²) >= 11 is 0. The molecule has 21 heterocycles. The third-order valence-corrected chi connectivity index (χ3v) is 14.8. The lowest BCUT2D eigenvalue weighted by Crippen LogP contribution is -2.68. The summed E-state index contributed by atoms with van der Waals surface area (Å²) in [5, 5.41) is 230. The minimum Gasteiger partial charge on any atom is -0.394 e. The Labute approximate surface area is 434 Å². The van der Waals surface area contributed by atoms with Crippen molar-refractivity contribution >= 4 is 0 Å². The first kappa shape index (κ1) is 61.7. The Kier molecular flexibility index (Phi) is 20.8. The Morgan fingerprint density at radius 2 is 0.260 bits per heavy atom. The molecule has 0 saturated carbocycles. The van der Waals surface area contributed by atoms with Crippen LogP contribution in [0.3, 0.4) is 0 Å². The maximum absolute atomic E-state index is 11.3. The van der Waals surface area contributed by atoms with Gasteiger partial charge in [-0.25, -0.2) is 0 Å². The molecule has 0 aromatic heterocycles. The van der Waals surface area contributed by atoms with Gasteiger partial charge in [0, 0.05) is 0 Å². The molecule has 35 atom stereocenters. The van der Waals surface area contributed by atoms with Crippen LogP contribution < -0.4 is 0 Å². The van der Waals surface area contributed by atoms with Crippen molar-refractivity contribution in [1.82, 2.24) is 0 Å². The van der Waals surface area contributed by atoms with Gasteiger partial charge in [-0.2, -0.15) is 0 Å². The maximum atomic E-state index is 11.3. The number of hydrogen-bond donors (Lipinski definition) is 21. The van der Waals surface area contributed by atoms with E-state index in [2.05, 4.69) is 0 Å². The minimum atomic E-state index is -2.21. The third-order valence-electron chi connectivity index (χ3n) is 14.8. The summed E-state index contributed by atoms with van der Waals surface area (Å²) in [6.45, 7) is -7.33. The van der Waals surface area contributed by atoms with E-state index >= 15 is 0 Å². The first-order valence-corrected chi connectivity index (χ1v) is 24.6. The van der Waals surface area contributed by atoms with Gasteiger partial charge in [0.2, 0.25) is 0 Å². The molecule has 0 aromatic rings. The average molecular weight is 1130 g/mol. The van der Waals surface area contributed by atoms with Crippen molar-refractivity contribution < 1.29 is 174 Å². The largest absolute Gasteiger partial charge is 0.394 e. The van der Waals surface area contributed by atoms with Crippen LogP contribution in [0, 0.1) is 0 Å². The predicted molar refractivity (Wildman–Crippen MR) is 228 cm³/mol. The zero-order valence-corrected chi connectivity index (χ0v) is 40.3. The first-order valence-electron chi connectivity index (χ1n) is 24.6. The molecule has 0 aliphatic carbocycles. The van der Waals surface area contributed by atoms with E-state index in [1.165, 1.54) is 0 Å². The van der Waals surface area contributed by atoms with Crippen LogP contribution in [-0.4, -0.2) is 368 Å². The van der Waals surface area contributed by atoms with Crippen LogP contribution >= 0.6 is 0 Å².